The molecule has 2 N–H and O–H groups in total. The number of aliphatic hydroxyl groups excluding tert-OH is 1. The lowest BCUT2D eigenvalue weighted by Crippen LogP contribution is -3.15. The first-order valence-electron chi connectivity index (χ1n) is 9.48. The van der Waals surface area contributed by atoms with E-state index < -0.39 is 0 Å². The average Bonchev–Trinajstić information content (AvgIpc) is 2.69. The number of aromatic nitrogens is 2. The lowest BCUT2D eigenvalue weighted by Gasteiger charge is -2.32. The highest BCUT2D eigenvalue weighted by atomic mass is 35.5. The summed E-state index contributed by atoms with van der Waals surface area (Å²) in [5.41, 5.74) is 2.63. The van der Waals surface area contributed by atoms with Crippen molar-refractivity contribution in [3.63, 3.8) is 0 Å². The zero-order valence-corrected chi connectivity index (χ0v) is 16.0. The Kier molecular flexibility index (Phi) is 5.38. The van der Waals surface area contributed by atoms with Crippen LogP contribution in [0.2, 0.25) is 5.02 Å². The largest absolute Gasteiger partial charge is 0.391 e. The number of rotatable bonds is 4. The van der Waals surface area contributed by atoms with Gasteiger partial charge in [-0.2, -0.15) is 0 Å². The van der Waals surface area contributed by atoms with Crippen molar-refractivity contribution < 1.29 is 14.8 Å². The molecular weight excluding hydrogens is 364 g/mol. The maximum atomic E-state index is 12.6. The highest BCUT2D eigenvalue weighted by Gasteiger charge is 2.29. The Morgan fingerprint density at radius 1 is 1.19 bits per heavy atom. The number of benzene rings is 1. The molecule has 7 heteroatoms. The molecule has 0 saturated carbocycles. The Morgan fingerprint density at radius 3 is 2.63 bits per heavy atom. The van der Waals surface area contributed by atoms with Crippen molar-refractivity contribution in [2.75, 3.05) is 44.2 Å². The molecule has 0 bridgehead atoms. The van der Waals surface area contributed by atoms with Gasteiger partial charge in [-0.15, -0.1) is 0 Å². The Hall–Kier alpha value is -2.02. The number of Topliss-reactive ketones (excluding diaryl/α,β-unsaturated/α-hetero) is 1. The summed E-state index contributed by atoms with van der Waals surface area (Å²) in [4.78, 5) is 25.4. The minimum Gasteiger partial charge on any atom is -0.391 e. The summed E-state index contributed by atoms with van der Waals surface area (Å²) < 4.78 is 0. The molecule has 27 heavy (non-hydrogen) atoms. The van der Waals surface area contributed by atoms with Gasteiger partial charge in [0.05, 0.1) is 44.0 Å². The minimum atomic E-state index is 0.111. The van der Waals surface area contributed by atoms with E-state index in [0.29, 0.717) is 23.0 Å². The van der Waals surface area contributed by atoms with E-state index in [1.165, 1.54) is 4.90 Å². The van der Waals surface area contributed by atoms with Crippen LogP contribution in [-0.4, -0.2) is 60.2 Å². The van der Waals surface area contributed by atoms with Gasteiger partial charge in [0.2, 0.25) is 5.95 Å². The van der Waals surface area contributed by atoms with E-state index in [9.17, 15) is 4.79 Å². The average molecular weight is 388 g/mol. The molecule has 1 aliphatic carbocycles. The number of anilines is 1. The fourth-order valence-corrected chi connectivity index (χ4v) is 4.11. The van der Waals surface area contributed by atoms with Gasteiger partial charge in [-0.25, -0.2) is 9.97 Å². The number of quaternary nitrogens is 1. The van der Waals surface area contributed by atoms with Crippen molar-refractivity contribution in [2.24, 2.45) is 0 Å². The van der Waals surface area contributed by atoms with E-state index >= 15 is 0 Å². The highest BCUT2D eigenvalue weighted by molar-refractivity contribution is 6.30. The second-order valence-corrected chi connectivity index (χ2v) is 7.76. The van der Waals surface area contributed by atoms with Gasteiger partial charge in [0.25, 0.3) is 0 Å². The monoisotopic (exact) mass is 387 g/mol. The van der Waals surface area contributed by atoms with Gasteiger partial charge in [0.1, 0.15) is 6.54 Å². The Bertz CT molecular complexity index is 819. The maximum Gasteiger partial charge on any atom is 0.225 e. The Morgan fingerprint density at radius 2 is 1.93 bits per heavy atom. The number of aliphatic hydroxyl groups is 1. The number of hydrogen-bond acceptors (Lipinski definition) is 5. The molecule has 4 rings (SSSR count). The summed E-state index contributed by atoms with van der Waals surface area (Å²) >= 11 is 5.99. The predicted octanol–water partition coefficient (Wildman–Crippen LogP) is 0.740. The second-order valence-electron chi connectivity index (χ2n) is 7.32. The minimum absolute atomic E-state index is 0.111. The quantitative estimate of drug-likeness (QED) is 0.809. The van der Waals surface area contributed by atoms with Crippen LogP contribution in [0.15, 0.2) is 30.5 Å². The van der Waals surface area contributed by atoms with E-state index in [4.69, 9.17) is 21.7 Å². The molecule has 0 amide bonds. The van der Waals surface area contributed by atoms with Crippen LogP contribution in [0, 0.1) is 0 Å². The van der Waals surface area contributed by atoms with Gasteiger partial charge in [0.15, 0.2) is 5.78 Å². The van der Waals surface area contributed by atoms with Crippen molar-refractivity contribution in [1.29, 1.82) is 0 Å². The molecule has 1 fully saturated rings. The van der Waals surface area contributed by atoms with Crippen LogP contribution in [0.4, 0.5) is 5.95 Å². The zero-order valence-electron chi connectivity index (χ0n) is 15.2. The first kappa shape index (κ1) is 18.3. The summed E-state index contributed by atoms with van der Waals surface area (Å²) in [6.07, 6.45) is 2.93. The van der Waals surface area contributed by atoms with Gasteiger partial charge in [-0.1, -0.05) is 23.7 Å². The molecule has 1 aromatic heterocycles. The normalized spacial score (nSPS) is 20.6. The maximum absolute atomic E-state index is 12.6. The molecular formula is C20H24ClN4O2+. The number of piperazine rings is 1. The summed E-state index contributed by atoms with van der Waals surface area (Å²) in [5, 5.41) is 9.80. The number of fused-ring (bicyclic) bond motifs is 1. The van der Waals surface area contributed by atoms with Crippen molar-refractivity contribution in [1.82, 2.24) is 9.97 Å². The smallest absolute Gasteiger partial charge is 0.225 e. The molecule has 1 atom stereocenters. The number of carbonyl (C=O) groups is 1. The number of nitrogens with one attached hydrogen (secondary N) is 1. The molecule has 0 radical (unpaired) electrons. The van der Waals surface area contributed by atoms with E-state index in [1.54, 1.807) is 6.20 Å². The summed E-state index contributed by atoms with van der Waals surface area (Å²) in [6, 6.07) is 7.74. The van der Waals surface area contributed by atoms with Gasteiger partial charge >= 0.3 is 0 Å². The lowest BCUT2D eigenvalue weighted by atomic mass is 9.82. The summed E-state index contributed by atoms with van der Waals surface area (Å²) in [7, 11) is 0. The van der Waals surface area contributed by atoms with Gasteiger partial charge < -0.3 is 14.9 Å². The Balaban J connectivity index is 1.52. The molecule has 1 saturated heterocycles. The van der Waals surface area contributed by atoms with E-state index in [-0.39, 0.29) is 18.3 Å². The third kappa shape index (κ3) is 3.98. The van der Waals surface area contributed by atoms with E-state index in [0.717, 1.165) is 50.4 Å². The first-order chi connectivity index (χ1) is 13.1. The fraction of sp³-hybridized carbons (Fsp3) is 0.450. The van der Waals surface area contributed by atoms with E-state index in [2.05, 4.69) is 9.88 Å². The number of ketones is 1. The van der Waals surface area contributed by atoms with Crippen molar-refractivity contribution in [2.45, 2.75) is 18.8 Å². The topological polar surface area (TPSA) is 70.8 Å². The van der Waals surface area contributed by atoms with Crippen LogP contribution in [0.3, 0.4) is 0 Å². The van der Waals surface area contributed by atoms with Crippen LogP contribution in [0.5, 0.6) is 0 Å². The summed E-state index contributed by atoms with van der Waals surface area (Å²) in [5.74, 6) is 0.956. The summed E-state index contributed by atoms with van der Waals surface area (Å²) in [6.45, 7) is 4.67. The molecule has 0 unspecified atom stereocenters. The van der Waals surface area contributed by atoms with Crippen molar-refractivity contribution in [3.8, 4) is 0 Å². The van der Waals surface area contributed by atoms with Crippen LogP contribution in [0.25, 0.3) is 0 Å². The van der Waals surface area contributed by atoms with Crippen LogP contribution in [0.1, 0.15) is 34.0 Å². The van der Waals surface area contributed by atoms with Gasteiger partial charge in [0, 0.05) is 17.6 Å². The van der Waals surface area contributed by atoms with Gasteiger partial charge in [-0.05, 0) is 30.0 Å². The molecule has 2 aromatic rings. The predicted molar refractivity (Wildman–Crippen MR) is 104 cm³/mol. The number of hydrogen-bond donors (Lipinski definition) is 2. The lowest BCUT2D eigenvalue weighted by molar-refractivity contribution is -0.900. The van der Waals surface area contributed by atoms with Crippen molar-refractivity contribution >= 4 is 23.3 Å². The fourth-order valence-electron chi connectivity index (χ4n) is 3.99. The Labute approximate surface area is 163 Å². The standard InChI is InChI=1S/C20H23ClN4O2/c21-16-3-1-14(2-4-16)15-11-18-17(19(27)12-15)13-22-20(23-18)25-7-5-24(6-8-25)9-10-26/h1-4,13,15,26H,5-12H2/p+1/t15-/m1/s1. The molecule has 1 aromatic carbocycles. The van der Waals surface area contributed by atoms with Crippen molar-refractivity contribution in [3.05, 3.63) is 52.3 Å². The SMILES string of the molecule is O=C1C[C@H](c2ccc(Cl)cc2)Cc2nc(N3CC[NH+](CCO)CC3)ncc21. The molecule has 2 heterocycles. The molecule has 0 spiro atoms. The number of halogens is 1. The first-order valence-corrected chi connectivity index (χ1v) is 9.86. The third-order valence-corrected chi connectivity index (χ3v) is 5.84. The molecule has 6 nitrogen and oxygen atoms in total. The second kappa shape index (κ2) is 7.92. The van der Waals surface area contributed by atoms with Crippen LogP contribution in [-0.2, 0) is 6.42 Å². The zero-order chi connectivity index (χ0) is 18.8. The molecule has 2 aliphatic rings. The van der Waals surface area contributed by atoms with Gasteiger partial charge in [-0.3, -0.25) is 4.79 Å². The van der Waals surface area contributed by atoms with E-state index in [1.807, 2.05) is 24.3 Å². The number of carbonyl (C=O) groups excluding carboxylic acids is 1. The number of nitrogens with zero attached hydrogens (tertiary/aromatic N) is 3. The van der Waals surface area contributed by atoms with Crippen LogP contribution >= 0.6 is 11.6 Å². The third-order valence-electron chi connectivity index (χ3n) is 5.59. The molecule has 1 aliphatic heterocycles. The highest BCUT2D eigenvalue weighted by Crippen LogP contribution is 2.32. The molecule has 142 valence electrons. The van der Waals surface area contributed by atoms with Crippen LogP contribution < -0.4 is 9.80 Å².